The Morgan fingerprint density at radius 2 is 2.06 bits per heavy atom. The second-order valence-corrected chi connectivity index (χ2v) is 4.80. The predicted octanol–water partition coefficient (Wildman–Crippen LogP) is 3.40. The van der Waals surface area contributed by atoms with Gasteiger partial charge in [-0.25, -0.2) is 0 Å². The van der Waals surface area contributed by atoms with Crippen LogP contribution in [0, 0.1) is 0 Å². The molecule has 0 radical (unpaired) electrons. The summed E-state index contributed by atoms with van der Waals surface area (Å²) in [5.74, 6) is 0.0788. The first-order chi connectivity index (χ1) is 8.15. The molecule has 0 aliphatic heterocycles. The van der Waals surface area contributed by atoms with E-state index in [1.54, 1.807) is 12.1 Å². The van der Waals surface area contributed by atoms with E-state index in [1.165, 1.54) is 22.8 Å². The van der Waals surface area contributed by atoms with Crippen LogP contribution in [0.25, 0.3) is 0 Å². The summed E-state index contributed by atoms with van der Waals surface area (Å²) in [6.45, 7) is 0.196. The minimum Gasteiger partial charge on any atom is -0.507 e. The van der Waals surface area contributed by atoms with E-state index in [-0.39, 0.29) is 18.1 Å². The largest absolute Gasteiger partial charge is 0.507 e. The maximum absolute atomic E-state index is 11.7. The van der Waals surface area contributed by atoms with Crippen molar-refractivity contribution in [3.63, 3.8) is 0 Å². The molecule has 0 spiro atoms. The first kappa shape index (κ1) is 12.0. The lowest BCUT2D eigenvalue weighted by molar-refractivity contribution is 0.101. The van der Waals surface area contributed by atoms with Crippen LogP contribution in [0.5, 0.6) is 5.75 Å². The molecule has 2 N–H and O–H groups in total. The average Bonchev–Trinajstić information content (AvgIpc) is 2.75. The average molecular weight is 268 g/mol. The van der Waals surface area contributed by atoms with Crippen molar-refractivity contribution in [1.29, 1.82) is 0 Å². The summed E-state index contributed by atoms with van der Waals surface area (Å²) in [5.41, 5.74) is 0.837. The molecule has 1 heterocycles. The number of Topliss-reactive ketones (excluding diaryl/α,β-unsaturated/α-hetero) is 1. The number of hydrogen-bond acceptors (Lipinski definition) is 4. The highest BCUT2D eigenvalue weighted by Gasteiger charge is 2.08. The summed E-state index contributed by atoms with van der Waals surface area (Å²) in [4.78, 5) is 12.3. The van der Waals surface area contributed by atoms with E-state index in [4.69, 9.17) is 16.7 Å². The number of rotatable bonds is 4. The molecule has 1 aromatic carbocycles. The Kier molecular flexibility index (Phi) is 3.66. The van der Waals surface area contributed by atoms with Crippen LogP contribution in [0.2, 0.25) is 5.02 Å². The number of aromatic hydroxyl groups is 1. The highest BCUT2D eigenvalue weighted by Crippen LogP contribution is 2.20. The summed E-state index contributed by atoms with van der Waals surface area (Å²) in [6, 6.07) is 8.59. The lowest BCUT2D eigenvalue weighted by atomic mass is 10.3. The van der Waals surface area contributed by atoms with Crippen molar-refractivity contribution in [2.24, 2.45) is 0 Å². The first-order valence-corrected chi connectivity index (χ1v) is 6.21. The second kappa shape index (κ2) is 5.21. The van der Waals surface area contributed by atoms with Crippen molar-refractivity contribution in [3.05, 3.63) is 45.6 Å². The monoisotopic (exact) mass is 267 g/mol. The Bertz CT molecular complexity index is 522. The SMILES string of the molecule is O=C(CNc1ccc(Cl)cc1)c1cc(O)cs1. The zero-order chi connectivity index (χ0) is 12.3. The normalized spacial score (nSPS) is 10.2. The smallest absolute Gasteiger partial charge is 0.191 e. The second-order valence-electron chi connectivity index (χ2n) is 3.45. The Morgan fingerprint density at radius 3 is 2.65 bits per heavy atom. The third kappa shape index (κ3) is 3.22. The summed E-state index contributed by atoms with van der Waals surface area (Å²) < 4.78 is 0. The van der Waals surface area contributed by atoms with Crippen LogP contribution in [0.1, 0.15) is 9.67 Å². The van der Waals surface area contributed by atoms with Crippen LogP contribution in [0.4, 0.5) is 5.69 Å². The number of anilines is 1. The molecule has 17 heavy (non-hydrogen) atoms. The van der Waals surface area contributed by atoms with Gasteiger partial charge in [0, 0.05) is 22.2 Å². The van der Waals surface area contributed by atoms with Gasteiger partial charge in [-0.15, -0.1) is 11.3 Å². The third-order valence-electron chi connectivity index (χ3n) is 2.16. The molecule has 0 aliphatic rings. The molecule has 0 saturated carbocycles. The molecule has 2 rings (SSSR count). The standard InChI is InChI=1S/C12H10ClNO2S/c13-8-1-3-9(4-2-8)14-6-11(16)12-5-10(15)7-17-12/h1-5,7,14-15H,6H2. The summed E-state index contributed by atoms with van der Waals surface area (Å²) in [7, 11) is 0. The van der Waals surface area contributed by atoms with Gasteiger partial charge in [-0.05, 0) is 24.3 Å². The molecule has 0 amide bonds. The van der Waals surface area contributed by atoms with Gasteiger partial charge in [-0.2, -0.15) is 0 Å². The van der Waals surface area contributed by atoms with Crippen LogP contribution in [-0.2, 0) is 0 Å². The Morgan fingerprint density at radius 1 is 1.35 bits per heavy atom. The van der Waals surface area contributed by atoms with Crippen molar-refractivity contribution >= 4 is 34.4 Å². The number of halogens is 1. The maximum Gasteiger partial charge on any atom is 0.191 e. The van der Waals surface area contributed by atoms with Gasteiger partial charge < -0.3 is 10.4 Å². The van der Waals surface area contributed by atoms with E-state index >= 15 is 0 Å². The summed E-state index contributed by atoms with van der Waals surface area (Å²) in [6.07, 6.45) is 0. The number of benzene rings is 1. The zero-order valence-corrected chi connectivity index (χ0v) is 10.4. The minimum atomic E-state index is -0.0507. The van der Waals surface area contributed by atoms with Gasteiger partial charge in [-0.1, -0.05) is 11.6 Å². The summed E-state index contributed by atoms with van der Waals surface area (Å²) >= 11 is 6.99. The fraction of sp³-hybridized carbons (Fsp3) is 0.0833. The maximum atomic E-state index is 11.7. The van der Waals surface area contributed by atoms with Gasteiger partial charge in [0.25, 0.3) is 0 Å². The van der Waals surface area contributed by atoms with Crippen LogP contribution in [0.15, 0.2) is 35.7 Å². The quantitative estimate of drug-likeness (QED) is 0.835. The van der Waals surface area contributed by atoms with Crippen molar-refractivity contribution in [2.75, 3.05) is 11.9 Å². The van der Waals surface area contributed by atoms with Crippen molar-refractivity contribution in [2.45, 2.75) is 0 Å². The van der Waals surface area contributed by atoms with Gasteiger partial charge in [0.1, 0.15) is 5.75 Å². The number of carbonyl (C=O) groups is 1. The Balaban J connectivity index is 1.94. The molecule has 0 unspecified atom stereocenters. The number of nitrogens with one attached hydrogen (secondary N) is 1. The minimum absolute atomic E-state index is 0.0507. The molecule has 0 saturated heterocycles. The third-order valence-corrected chi connectivity index (χ3v) is 3.37. The topological polar surface area (TPSA) is 49.3 Å². The molecule has 5 heteroatoms. The molecule has 0 fully saturated rings. The molecular formula is C12H10ClNO2S. The molecule has 3 nitrogen and oxygen atoms in total. The fourth-order valence-corrected chi connectivity index (χ4v) is 2.14. The number of carbonyl (C=O) groups excluding carboxylic acids is 1. The lowest BCUT2D eigenvalue weighted by Crippen LogP contribution is -2.12. The summed E-state index contributed by atoms with van der Waals surface area (Å²) in [5, 5.41) is 14.3. The van der Waals surface area contributed by atoms with E-state index < -0.39 is 0 Å². The van der Waals surface area contributed by atoms with E-state index in [0.29, 0.717) is 9.90 Å². The molecule has 0 atom stereocenters. The number of thiophene rings is 1. The van der Waals surface area contributed by atoms with Crippen LogP contribution in [-0.4, -0.2) is 17.4 Å². The van der Waals surface area contributed by atoms with Crippen molar-refractivity contribution in [1.82, 2.24) is 0 Å². The highest BCUT2D eigenvalue weighted by molar-refractivity contribution is 7.12. The molecule has 1 aromatic heterocycles. The number of ketones is 1. The van der Waals surface area contributed by atoms with Crippen LogP contribution < -0.4 is 5.32 Å². The molecule has 88 valence electrons. The van der Waals surface area contributed by atoms with Crippen LogP contribution >= 0.6 is 22.9 Å². The van der Waals surface area contributed by atoms with Crippen molar-refractivity contribution < 1.29 is 9.90 Å². The van der Waals surface area contributed by atoms with Gasteiger partial charge in [0.2, 0.25) is 0 Å². The number of hydrogen-bond donors (Lipinski definition) is 2. The van der Waals surface area contributed by atoms with E-state index in [1.807, 2.05) is 12.1 Å². The van der Waals surface area contributed by atoms with Gasteiger partial charge in [0.15, 0.2) is 5.78 Å². The molecular weight excluding hydrogens is 258 g/mol. The van der Waals surface area contributed by atoms with Gasteiger partial charge >= 0.3 is 0 Å². The van der Waals surface area contributed by atoms with Gasteiger partial charge in [-0.3, -0.25) is 4.79 Å². The van der Waals surface area contributed by atoms with E-state index in [2.05, 4.69) is 5.32 Å². The molecule has 0 aliphatic carbocycles. The van der Waals surface area contributed by atoms with Crippen LogP contribution in [0.3, 0.4) is 0 Å². The zero-order valence-electron chi connectivity index (χ0n) is 8.81. The lowest BCUT2D eigenvalue weighted by Gasteiger charge is -2.04. The van der Waals surface area contributed by atoms with Crippen molar-refractivity contribution in [3.8, 4) is 5.75 Å². The van der Waals surface area contributed by atoms with Gasteiger partial charge in [0.05, 0.1) is 11.4 Å². The Labute approximate surface area is 108 Å². The first-order valence-electron chi connectivity index (χ1n) is 4.95. The Hall–Kier alpha value is -1.52. The highest BCUT2D eigenvalue weighted by atomic mass is 35.5. The predicted molar refractivity (Wildman–Crippen MR) is 70.3 cm³/mol. The van der Waals surface area contributed by atoms with E-state index in [9.17, 15) is 4.79 Å². The molecule has 2 aromatic rings. The molecule has 0 bridgehead atoms. The van der Waals surface area contributed by atoms with E-state index in [0.717, 1.165) is 5.69 Å². The fourth-order valence-electron chi connectivity index (χ4n) is 1.31.